The van der Waals surface area contributed by atoms with E-state index in [1.54, 1.807) is 6.20 Å². The minimum atomic E-state index is -0.581. The van der Waals surface area contributed by atoms with Crippen LogP contribution in [0.3, 0.4) is 0 Å². The second kappa shape index (κ2) is 8.97. The molecule has 1 aromatic heterocycles. The number of rotatable bonds is 7. The van der Waals surface area contributed by atoms with Crippen molar-refractivity contribution in [1.82, 2.24) is 15.6 Å². The third kappa shape index (κ3) is 5.71. The Bertz CT molecular complexity index is 687. The molecule has 0 aliphatic carbocycles. The standard InChI is InChI=1S/C20H25N3O2/c1-14(2)19(23-18(24)13-16-9-5-4-6-10-16)20(25)22-15(3)17-11-7-8-12-21-17/h4-12,14-15,19H,13H2,1-3H3,(H,22,25)(H,23,24). The van der Waals surface area contributed by atoms with Crippen molar-refractivity contribution in [2.75, 3.05) is 0 Å². The molecule has 0 radical (unpaired) electrons. The number of hydrogen-bond donors (Lipinski definition) is 2. The quantitative estimate of drug-likeness (QED) is 0.815. The maximum Gasteiger partial charge on any atom is 0.243 e. The minimum absolute atomic E-state index is 0.0179. The molecular weight excluding hydrogens is 314 g/mol. The van der Waals surface area contributed by atoms with Gasteiger partial charge in [-0.2, -0.15) is 0 Å². The van der Waals surface area contributed by atoms with Gasteiger partial charge in [-0.25, -0.2) is 0 Å². The molecule has 5 heteroatoms. The van der Waals surface area contributed by atoms with Gasteiger partial charge in [-0.3, -0.25) is 14.6 Å². The van der Waals surface area contributed by atoms with Crippen LogP contribution in [-0.2, 0) is 16.0 Å². The van der Waals surface area contributed by atoms with Crippen LogP contribution in [0.2, 0.25) is 0 Å². The summed E-state index contributed by atoms with van der Waals surface area (Å²) in [7, 11) is 0. The Labute approximate surface area is 148 Å². The van der Waals surface area contributed by atoms with Crippen molar-refractivity contribution in [3.8, 4) is 0 Å². The molecule has 2 unspecified atom stereocenters. The second-order valence-electron chi connectivity index (χ2n) is 6.44. The van der Waals surface area contributed by atoms with Crippen LogP contribution in [0.1, 0.15) is 38.1 Å². The Balaban J connectivity index is 1.97. The van der Waals surface area contributed by atoms with E-state index in [-0.39, 0.29) is 30.2 Å². The number of benzene rings is 1. The highest BCUT2D eigenvalue weighted by Gasteiger charge is 2.25. The molecule has 1 heterocycles. The van der Waals surface area contributed by atoms with Crippen LogP contribution >= 0.6 is 0 Å². The lowest BCUT2D eigenvalue weighted by Crippen LogP contribution is -2.50. The van der Waals surface area contributed by atoms with E-state index in [2.05, 4.69) is 15.6 Å². The number of pyridine rings is 1. The normalized spacial score (nSPS) is 13.1. The smallest absolute Gasteiger partial charge is 0.243 e. The fourth-order valence-corrected chi connectivity index (χ4v) is 2.55. The molecule has 0 aliphatic heterocycles. The molecule has 0 aliphatic rings. The number of nitrogens with zero attached hydrogens (tertiary/aromatic N) is 1. The van der Waals surface area contributed by atoms with Gasteiger partial charge in [0.25, 0.3) is 0 Å². The maximum absolute atomic E-state index is 12.6. The summed E-state index contributed by atoms with van der Waals surface area (Å²) in [6.07, 6.45) is 1.95. The predicted molar refractivity (Wildman–Crippen MR) is 97.7 cm³/mol. The summed E-state index contributed by atoms with van der Waals surface area (Å²) in [6, 6.07) is 14.3. The fraction of sp³-hybridized carbons (Fsp3) is 0.350. The summed E-state index contributed by atoms with van der Waals surface area (Å²) in [5, 5.41) is 5.78. The Morgan fingerprint density at radius 1 is 0.960 bits per heavy atom. The van der Waals surface area contributed by atoms with Gasteiger partial charge >= 0.3 is 0 Å². The zero-order valence-corrected chi connectivity index (χ0v) is 14.9. The summed E-state index contributed by atoms with van der Waals surface area (Å²) >= 11 is 0. The van der Waals surface area contributed by atoms with Gasteiger partial charge in [0, 0.05) is 6.20 Å². The fourth-order valence-electron chi connectivity index (χ4n) is 2.55. The summed E-state index contributed by atoms with van der Waals surface area (Å²) in [6.45, 7) is 5.71. The Morgan fingerprint density at radius 3 is 2.24 bits per heavy atom. The summed E-state index contributed by atoms with van der Waals surface area (Å²) in [5.41, 5.74) is 1.71. The van der Waals surface area contributed by atoms with E-state index >= 15 is 0 Å². The molecule has 25 heavy (non-hydrogen) atoms. The highest BCUT2D eigenvalue weighted by molar-refractivity contribution is 5.88. The molecule has 5 nitrogen and oxygen atoms in total. The Morgan fingerprint density at radius 2 is 1.64 bits per heavy atom. The summed E-state index contributed by atoms with van der Waals surface area (Å²) in [4.78, 5) is 29.1. The van der Waals surface area contributed by atoms with E-state index < -0.39 is 6.04 Å². The average Bonchev–Trinajstić information content (AvgIpc) is 2.61. The molecule has 0 saturated carbocycles. The molecule has 2 atom stereocenters. The minimum Gasteiger partial charge on any atom is -0.346 e. The molecule has 2 amide bonds. The van der Waals surface area contributed by atoms with E-state index in [9.17, 15) is 9.59 Å². The molecular formula is C20H25N3O2. The molecule has 0 bridgehead atoms. The zero-order valence-electron chi connectivity index (χ0n) is 14.9. The van der Waals surface area contributed by atoms with E-state index in [1.165, 1.54) is 0 Å². The van der Waals surface area contributed by atoms with Gasteiger partial charge in [0.15, 0.2) is 0 Å². The van der Waals surface area contributed by atoms with Crippen molar-refractivity contribution in [1.29, 1.82) is 0 Å². The molecule has 2 rings (SSSR count). The van der Waals surface area contributed by atoms with Crippen molar-refractivity contribution in [3.63, 3.8) is 0 Å². The molecule has 132 valence electrons. The highest BCUT2D eigenvalue weighted by Crippen LogP contribution is 2.10. The van der Waals surface area contributed by atoms with E-state index in [4.69, 9.17) is 0 Å². The molecule has 0 fully saturated rings. The first-order chi connectivity index (χ1) is 12.0. The van der Waals surface area contributed by atoms with Crippen molar-refractivity contribution in [3.05, 3.63) is 66.0 Å². The van der Waals surface area contributed by atoms with Crippen LogP contribution in [0.15, 0.2) is 54.7 Å². The third-order valence-electron chi connectivity index (χ3n) is 3.96. The number of hydrogen-bond acceptors (Lipinski definition) is 3. The number of aromatic nitrogens is 1. The average molecular weight is 339 g/mol. The van der Waals surface area contributed by atoms with E-state index in [0.717, 1.165) is 11.3 Å². The predicted octanol–water partition coefficient (Wildman–Crippen LogP) is 2.64. The number of amides is 2. The monoisotopic (exact) mass is 339 g/mol. The third-order valence-corrected chi connectivity index (χ3v) is 3.96. The van der Waals surface area contributed by atoms with Crippen molar-refractivity contribution < 1.29 is 9.59 Å². The first-order valence-electron chi connectivity index (χ1n) is 8.52. The van der Waals surface area contributed by atoms with E-state index in [0.29, 0.717) is 0 Å². The van der Waals surface area contributed by atoms with Gasteiger partial charge in [-0.05, 0) is 30.5 Å². The van der Waals surface area contributed by atoms with E-state index in [1.807, 2.05) is 69.3 Å². The van der Waals surface area contributed by atoms with Crippen LogP contribution in [0, 0.1) is 5.92 Å². The Kier molecular flexibility index (Phi) is 6.69. The zero-order chi connectivity index (χ0) is 18.2. The molecule has 2 aromatic rings. The summed E-state index contributed by atoms with van der Waals surface area (Å²) < 4.78 is 0. The molecule has 2 N–H and O–H groups in total. The second-order valence-corrected chi connectivity index (χ2v) is 6.44. The SMILES string of the molecule is CC(NC(=O)C(NC(=O)Cc1ccccc1)C(C)C)c1ccccn1. The van der Waals surface area contributed by atoms with Crippen LogP contribution in [0.4, 0.5) is 0 Å². The van der Waals surface area contributed by atoms with Crippen LogP contribution in [0.5, 0.6) is 0 Å². The lowest BCUT2D eigenvalue weighted by atomic mass is 10.0. The molecule has 1 aromatic carbocycles. The topological polar surface area (TPSA) is 71.1 Å². The van der Waals surface area contributed by atoms with Gasteiger partial charge in [-0.1, -0.05) is 50.2 Å². The van der Waals surface area contributed by atoms with Gasteiger partial charge in [0.1, 0.15) is 6.04 Å². The Hall–Kier alpha value is -2.69. The van der Waals surface area contributed by atoms with Gasteiger partial charge in [-0.15, -0.1) is 0 Å². The van der Waals surface area contributed by atoms with Crippen molar-refractivity contribution >= 4 is 11.8 Å². The largest absolute Gasteiger partial charge is 0.346 e. The number of carbonyl (C=O) groups is 2. The van der Waals surface area contributed by atoms with Gasteiger partial charge < -0.3 is 10.6 Å². The first-order valence-corrected chi connectivity index (χ1v) is 8.52. The molecule has 0 saturated heterocycles. The lowest BCUT2D eigenvalue weighted by Gasteiger charge is -2.24. The van der Waals surface area contributed by atoms with Crippen molar-refractivity contribution in [2.45, 2.75) is 39.3 Å². The van der Waals surface area contributed by atoms with Crippen LogP contribution < -0.4 is 10.6 Å². The van der Waals surface area contributed by atoms with Crippen LogP contribution in [0.25, 0.3) is 0 Å². The number of nitrogens with one attached hydrogen (secondary N) is 2. The van der Waals surface area contributed by atoms with Gasteiger partial charge in [0.05, 0.1) is 18.2 Å². The first kappa shape index (κ1) is 18.6. The lowest BCUT2D eigenvalue weighted by molar-refractivity contribution is -0.130. The van der Waals surface area contributed by atoms with Gasteiger partial charge in [0.2, 0.25) is 11.8 Å². The maximum atomic E-state index is 12.6. The molecule has 0 spiro atoms. The summed E-state index contributed by atoms with van der Waals surface area (Å²) in [5.74, 6) is -0.379. The highest BCUT2D eigenvalue weighted by atomic mass is 16.2. The van der Waals surface area contributed by atoms with Crippen LogP contribution in [-0.4, -0.2) is 22.8 Å². The van der Waals surface area contributed by atoms with Crippen molar-refractivity contribution in [2.24, 2.45) is 5.92 Å². The number of carbonyl (C=O) groups excluding carboxylic acids is 2.